The molecular weight excluding hydrogens is 342 g/mol. The van der Waals surface area contributed by atoms with Crippen LogP contribution in [0.1, 0.15) is 17.0 Å². The Labute approximate surface area is 157 Å². The highest BCUT2D eigenvalue weighted by Crippen LogP contribution is 2.46. The second-order valence-corrected chi connectivity index (χ2v) is 6.54. The highest BCUT2D eigenvalue weighted by molar-refractivity contribution is 5.95. The Morgan fingerprint density at radius 2 is 1.81 bits per heavy atom. The molecule has 0 saturated carbocycles. The second-order valence-electron chi connectivity index (χ2n) is 6.54. The van der Waals surface area contributed by atoms with E-state index in [0.29, 0.717) is 17.2 Å². The summed E-state index contributed by atoms with van der Waals surface area (Å²) in [5, 5.41) is 19.0. The summed E-state index contributed by atoms with van der Waals surface area (Å²) in [6.45, 7) is 0. The zero-order valence-corrected chi connectivity index (χ0v) is 15.3. The van der Waals surface area contributed by atoms with Gasteiger partial charge in [-0.3, -0.25) is 5.41 Å². The van der Waals surface area contributed by atoms with E-state index in [9.17, 15) is 5.26 Å². The molecular formula is C21H19N3O3. The maximum Gasteiger partial charge on any atom is 0.205 e. The number of fused-ring (bicyclic) bond motifs is 3. The van der Waals surface area contributed by atoms with E-state index in [1.165, 1.54) is 0 Å². The molecule has 6 nitrogen and oxygen atoms in total. The predicted octanol–water partition coefficient (Wildman–Crippen LogP) is 3.84. The summed E-state index contributed by atoms with van der Waals surface area (Å²) in [5.41, 5.74) is 2.74. The van der Waals surface area contributed by atoms with Crippen molar-refractivity contribution in [2.75, 3.05) is 14.2 Å². The summed E-state index contributed by atoms with van der Waals surface area (Å²) < 4.78 is 18.6. The summed E-state index contributed by atoms with van der Waals surface area (Å²) in [7, 11) is 5.15. The standard InChI is InChI=1S/C21H19N3O3/c1-24-7-6-15-18(24)5-4-16-19(17(11-22)21(23)27-20(15)16)12-8-13(25-2)10-14(9-12)26-3/h4-10,17,19,23H,1-3H3. The van der Waals surface area contributed by atoms with Gasteiger partial charge in [0.1, 0.15) is 23.2 Å². The van der Waals surface area contributed by atoms with Crippen molar-refractivity contribution >= 4 is 16.8 Å². The van der Waals surface area contributed by atoms with Gasteiger partial charge in [0.05, 0.1) is 25.8 Å². The summed E-state index contributed by atoms with van der Waals surface area (Å²) >= 11 is 0. The zero-order chi connectivity index (χ0) is 19.1. The third-order valence-corrected chi connectivity index (χ3v) is 5.08. The van der Waals surface area contributed by atoms with E-state index in [4.69, 9.17) is 19.6 Å². The van der Waals surface area contributed by atoms with E-state index in [0.717, 1.165) is 22.0 Å². The van der Waals surface area contributed by atoms with Gasteiger partial charge >= 0.3 is 0 Å². The van der Waals surface area contributed by atoms with Gasteiger partial charge in [0.25, 0.3) is 0 Å². The smallest absolute Gasteiger partial charge is 0.205 e. The summed E-state index contributed by atoms with van der Waals surface area (Å²) in [6.07, 6.45) is 1.96. The number of nitriles is 1. The van der Waals surface area contributed by atoms with Gasteiger partial charge in [0.15, 0.2) is 0 Å². The van der Waals surface area contributed by atoms with Crippen LogP contribution in [0.5, 0.6) is 17.2 Å². The number of nitrogens with zero attached hydrogens (tertiary/aromatic N) is 2. The molecule has 0 aliphatic carbocycles. The molecule has 0 radical (unpaired) electrons. The monoisotopic (exact) mass is 361 g/mol. The number of aryl methyl sites for hydroxylation is 1. The molecule has 2 heterocycles. The van der Waals surface area contributed by atoms with E-state index in [1.54, 1.807) is 20.3 Å². The average molecular weight is 361 g/mol. The lowest BCUT2D eigenvalue weighted by molar-refractivity contribution is 0.391. The van der Waals surface area contributed by atoms with Gasteiger partial charge in [-0.05, 0) is 29.8 Å². The topological polar surface area (TPSA) is 80.3 Å². The fraction of sp³-hybridized carbons (Fsp3) is 0.238. The van der Waals surface area contributed by atoms with Crippen LogP contribution in [-0.4, -0.2) is 24.7 Å². The Balaban J connectivity index is 1.98. The van der Waals surface area contributed by atoms with Gasteiger partial charge in [-0.1, -0.05) is 6.07 Å². The van der Waals surface area contributed by atoms with Gasteiger partial charge in [-0.15, -0.1) is 0 Å². The van der Waals surface area contributed by atoms with Crippen molar-refractivity contribution < 1.29 is 14.2 Å². The molecule has 1 N–H and O–H groups in total. The SMILES string of the molecule is COc1cc(OC)cc(C2c3ccc4c(ccn4C)c3OC(=N)C2C#N)c1. The molecule has 0 fully saturated rings. The molecule has 1 aliphatic heterocycles. The summed E-state index contributed by atoms with van der Waals surface area (Å²) in [5.74, 6) is 0.794. The molecule has 0 spiro atoms. The fourth-order valence-electron chi connectivity index (χ4n) is 3.72. The van der Waals surface area contributed by atoms with Gasteiger partial charge in [0, 0.05) is 36.2 Å². The van der Waals surface area contributed by atoms with Crippen LogP contribution in [-0.2, 0) is 7.05 Å². The second kappa shape index (κ2) is 6.36. The van der Waals surface area contributed by atoms with E-state index in [-0.39, 0.29) is 11.8 Å². The first kappa shape index (κ1) is 17.0. The van der Waals surface area contributed by atoms with Crippen molar-refractivity contribution in [2.24, 2.45) is 13.0 Å². The van der Waals surface area contributed by atoms with Crippen molar-refractivity contribution in [3.8, 4) is 23.3 Å². The van der Waals surface area contributed by atoms with Crippen LogP contribution in [0.4, 0.5) is 0 Å². The number of aromatic nitrogens is 1. The zero-order valence-electron chi connectivity index (χ0n) is 15.3. The van der Waals surface area contributed by atoms with E-state index in [2.05, 4.69) is 6.07 Å². The lowest BCUT2D eigenvalue weighted by Gasteiger charge is -2.31. The van der Waals surface area contributed by atoms with E-state index < -0.39 is 5.92 Å². The minimum atomic E-state index is -0.726. The largest absolute Gasteiger partial charge is 0.497 e. The summed E-state index contributed by atoms with van der Waals surface area (Å²) in [4.78, 5) is 0. The molecule has 1 aliphatic rings. The molecule has 6 heteroatoms. The molecule has 2 unspecified atom stereocenters. The highest BCUT2D eigenvalue weighted by Gasteiger charge is 2.38. The van der Waals surface area contributed by atoms with Crippen molar-refractivity contribution in [3.05, 3.63) is 53.7 Å². The van der Waals surface area contributed by atoms with Crippen LogP contribution >= 0.6 is 0 Å². The number of methoxy groups -OCH3 is 2. The third kappa shape index (κ3) is 2.59. The lowest BCUT2D eigenvalue weighted by Crippen LogP contribution is -2.31. The van der Waals surface area contributed by atoms with Gasteiger partial charge < -0.3 is 18.8 Å². The Morgan fingerprint density at radius 1 is 1.11 bits per heavy atom. The maximum absolute atomic E-state index is 9.75. The number of nitrogens with one attached hydrogen (secondary N) is 1. The predicted molar refractivity (Wildman–Crippen MR) is 102 cm³/mol. The highest BCUT2D eigenvalue weighted by atomic mass is 16.5. The molecule has 1 aromatic heterocycles. The van der Waals surface area contributed by atoms with Crippen LogP contribution in [0.25, 0.3) is 10.9 Å². The van der Waals surface area contributed by atoms with Crippen LogP contribution in [0.3, 0.4) is 0 Å². The fourth-order valence-corrected chi connectivity index (χ4v) is 3.72. The van der Waals surface area contributed by atoms with Gasteiger partial charge in [-0.2, -0.15) is 5.26 Å². The number of ether oxygens (including phenoxy) is 3. The minimum absolute atomic E-state index is 0.0480. The number of hydrogen-bond acceptors (Lipinski definition) is 5. The number of hydrogen-bond donors (Lipinski definition) is 1. The molecule has 4 rings (SSSR count). The Kier molecular flexibility index (Phi) is 4.00. The molecule has 0 bridgehead atoms. The van der Waals surface area contributed by atoms with Crippen molar-refractivity contribution in [1.82, 2.24) is 4.57 Å². The van der Waals surface area contributed by atoms with Gasteiger partial charge in [-0.25, -0.2) is 0 Å². The molecule has 3 aromatic rings. The quantitative estimate of drug-likeness (QED) is 0.769. The van der Waals surface area contributed by atoms with E-state index >= 15 is 0 Å². The van der Waals surface area contributed by atoms with Crippen LogP contribution < -0.4 is 14.2 Å². The molecule has 0 amide bonds. The first-order valence-electron chi connectivity index (χ1n) is 8.54. The average Bonchev–Trinajstić information content (AvgIpc) is 3.07. The van der Waals surface area contributed by atoms with Crippen LogP contribution in [0, 0.1) is 22.7 Å². The Morgan fingerprint density at radius 3 is 2.44 bits per heavy atom. The van der Waals surface area contributed by atoms with E-state index in [1.807, 2.05) is 48.1 Å². The third-order valence-electron chi connectivity index (χ3n) is 5.08. The molecule has 0 saturated heterocycles. The molecule has 136 valence electrons. The first-order valence-corrected chi connectivity index (χ1v) is 8.54. The minimum Gasteiger partial charge on any atom is -0.497 e. The normalized spacial score (nSPS) is 18.5. The molecule has 2 atom stereocenters. The van der Waals surface area contributed by atoms with Crippen LogP contribution in [0.15, 0.2) is 42.6 Å². The number of rotatable bonds is 3. The summed E-state index contributed by atoms with van der Waals surface area (Å²) in [6, 6.07) is 13.8. The van der Waals surface area contributed by atoms with Crippen molar-refractivity contribution in [2.45, 2.75) is 5.92 Å². The number of benzene rings is 2. The molecule has 2 aromatic carbocycles. The van der Waals surface area contributed by atoms with Crippen LogP contribution in [0.2, 0.25) is 0 Å². The van der Waals surface area contributed by atoms with Crippen molar-refractivity contribution in [1.29, 1.82) is 10.7 Å². The van der Waals surface area contributed by atoms with Gasteiger partial charge in [0.2, 0.25) is 5.90 Å². The Hall–Kier alpha value is -3.46. The Bertz CT molecular complexity index is 1070. The maximum atomic E-state index is 9.75. The lowest BCUT2D eigenvalue weighted by atomic mass is 9.78. The first-order chi connectivity index (χ1) is 13.1. The molecule has 27 heavy (non-hydrogen) atoms. The van der Waals surface area contributed by atoms with Crippen molar-refractivity contribution in [3.63, 3.8) is 0 Å².